The number of hydrogen-bond acceptors (Lipinski definition) is 3. The Morgan fingerprint density at radius 1 is 1.35 bits per heavy atom. The number of aryl methyl sites for hydroxylation is 1. The second kappa shape index (κ2) is 4.27. The van der Waals surface area contributed by atoms with Crippen molar-refractivity contribution in [1.82, 2.24) is 14.1 Å². The van der Waals surface area contributed by atoms with Gasteiger partial charge >= 0.3 is 5.69 Å². The molecule has 90 valence electrons. The molecule has 0 aliphatic carbocycles. The normalized spacial score (nSPS) is 11.1. The van der Waals surface area contributed by atoms with Crippen LogP contribution in [0.25, 0.3) is 10.9 Å². The van der Waals surface area contributed by atoms with Crippen molar-refractivity contribution >= 4 is 38.4 Å². The van der Waals surface area contributed by atoms with E-state index < -0.39 is 5.56 Å². The summed E-state index contributed by atoms with van der Waals surface area (Å²) in [5.41, 5.74) is 0.352. The maximum Gasteiger partial charge on any atom is 0.330 e. The first kappa shape index (κ1) is 12.3. The molecule has 0 fully saturated rings. The summed E-state index contributed by atoms with van der Waals surface area (Å²) in [7, 11) is 3.01. The first-order valence-electron chi connectivity index (χ1n) is 4.78. The highest BCUT2D eigenvalue weighted by molar-refractivity contribution is 9.08. The molecule has 5 nitrogen and oxygen atoms in total. The molecule has 0 saturated carbocycles. The van der Waals surface area contributed by atoms with Crippen molar-refractivity contribution in [3.63, 3.8) is 0 Å². The molecule has 2 aromatic heterocycles. The Balaban J connectivity index is 3.12. The summed E-state index contributed by atoms with van der Waals surface area (Å²) < 4.78 is 2.40. The molecule has 7 heteroatoms. The molecule has 0 atom stereocenters. The molecule has 0 saturated heterocycles. The van der Waals surface area contributed by atoms with Crippen LogP contribution in [-0.2, 0) is 19.4 Å². The summed E-state index contributed by atoms with van der Waals surface area (Å²) in [6.45, 7) is 0. The lowest BCUT2D eigenvalue weighted by Crippen LogP contribution is -2.37. The van der Waals surface area contributed by atoms with Gasteiger partial charge in [-0.3, -0.25) is 13.9 Å². The van der Waals surface area contributed by atoms with Gasteiger partial charge in [0.25, 0.3) is 5.56 Å². The minimum Gasteiger partial charge on any atom is -0.296 e. The van der Waals surface area contributed by atoms with E-state index in [1.54, 1.807) is 13.1 Å². The number of aromatic nitrogens is 3. The number of fused-ring (bicyclic) bond motifs is 1. The third-order valence-corrected chi connectivity index (χ3v) is 3.45. The summed E-state index contributed by atoms with van der Waals surface area (Å²) in [5.74, 6) is 0. The summed E-state index contributed by atoms with van der Waals surface area (Å²) in [5, 5.41) is 0.889. The van der Waals surface area contributed by atoms with Crippen LogP contribution in [0.3, 0.4) is 0 Å². The van der Waals surface area contributed by atoms with Crippen molar-refractivity contribution in [2.45, 2.75) is 5.33 Å². The monoisotopic (exact) mass is 317 g/mol. The molecule has 0 aliphatic heterocycles. The van der Waals surface area contributed by atoms with Crippen molar-refractivity contribution in [2.24, 2.45) is 14.1 Å². The van der Waals surface area contributed by atoms with Crippen molar-refractivity contribution in [2.75, 3.05) is 0 Å². The molecular weight excluding hydrogens is 309 g/mol. The maximum absolute atomic E-state index is 11.9. The standard InChI is InChI=1S/C10H9BrClN3O2/c1-14-6-3-5(4-11)13-8(12)7(6)9(16)15(2)10(14)17/h3H,4H2,1-2H3. The van der Waals surface area contributed by atoms with Gasteiger partial charge in [0, 0.05) is 19.4 Å². The summed E-state index contributed by atoms with van der Waals surface area (Å²) >= 11 is 9.24. The van der Waals surface area contributed by atoms with E-state index in [2.05, 4.69) is 20.9 Å². The molecule has 0 bridgehead atoms. The first-order chi connectivity index (χ1) is 7.97. The van der Waals surface area contributed by atoms with Gasteiger partial charge in [0.05, 0.1) is 11.2 Å². The zero-order valence-corrected chi connectivity index (χ0v) is 11.5. The summed E-state index contributed by atoms with van der Waals surface area (Å²) in [6, 6.07) is 1.68. The number of pyridine rings is 1. The van der Waals surface area contributed by atoms with Gasteiger partial charge in [-0.15, -0.1) is 0 Å². The SMILES string of the molecule is Cn1c(=O)c2c(Cl)nc(CBr)cc2n(C)c1=O. The van der Waals surface area contributed by atoms with E-state index in [1.807, 2.05) is 0 Å². The van der Waals surface area contributed by atoms with Gasteiger partial charge in [-0.2, -0.15) is 0 Å². The van der Waals surface area contributed by atoms with Crippen LogP contribution < -0.4 is 11.2 Å². The van der Waals surface area contributed by atoms with Gasteiger partial charge in [-0.05, 0) is 6.07 Å². The lowest BCUT2D eigenvalue weighted by Gasteiger charge is -2.09. The number of rotatable bonds is 1. The second-order valence-electron chi connectivity index (χ2n) is 3.64. The van der Waals surface area contributed by atoms with Gasteiger partial charge in [-0.25, -0.2) is 9.78 Å². The Morgan fingerprint density at radius 2 is 2.00 bits per heavy atom. The third-order valence-electron chi connectivity index (χ3n) is 2.60. The molecule has 17 heavy (non-hydrogen) atoms. The highest BCUT2D eigenvalue weighted by atomic mass is 79.9. The van der Waals surface area contributed by atoms with Crippen LogP contribution >= 0.6 is 27.5 Å². The molecule has 0 radical (unpaired) electrons. The maximum atomic E-state index is 11.9. The van der Waals surface area contributed by atoms with Crippen molar-refractivity contribution in [1.29, 1.82) is 0 Å². The fourth-order valence-electron chi connectivity index (χ4n) is 1.66. The Kier molecular flexibility index (Phi) is 3.09. The van der Waals surface area contributed by atoms with E-state index in [4.69, 9.17) is 11.6 Å². The Bertz CT molecular complexity index is 720. The number of hydrogen-bond donors (Lipinski definition) is 0. The van der Waals surface area contributed by atoms with Crippen LogP contribution in [0, 0.1) is 0 Å². The quantitative estimate of drug-likeness (QED) is 0.586. The van der Waals surface area contributed by atoms with E-state index in [9.17, 15) is 9.59 Å². The van der Waals surface area contributed by atoms with Gasteiger partial charge in [-0.1, -0.05) is 27.5 Å². The van der Waals surface area contributed by atoms with Gasteiger partial charge in [0.15, 0.2) is 0 Å². The summed E-state index contributed by atoms with van der Waals surface area (Å²) in [4.78, 5) is 27.8. The largest absolute Gasteiger partial charge is 0.330 e. The first-order valence-corrected chi connectivity index (χ1v) is 6.28. The lowest BCUT2D eigenvalue weighted by atomic mass is 10.2. The van der Waals surface area contributed by atoms with Crippen LogP contribution in [-0.4, -0.2) is 14.1 Å². The van der Waals surface area contributed by atoms with Crippen molar-refractivity contribution in [3.05, 3.63) is 37.8 Å². The predicted octanol–water partition coefficient (Wildman–Crippen LogP) is 1.18. The van der Waals surface area contributed by atoms with Crippen LogP contribution in [0.5, 0.6) is 0 Å². The predicted molar refractivity (Wildman–Crippen MR) is 69.9 cm³/mol. The van der Waals surface area contributed by atoms with E-state index in [0.29, 0.717) is 16.5 Å². The second-order valence-corrected chi connectivity index (χ2v) is 4.56. The van der Waals surface area contributed by atoms with E-state index in [1.165, 1.54) is 11.6 Å². The van der Waals surface area contributed by atoms with Crippen LogP contribution in [0.15, 0.2) is 15.7 Å². The number of alkyl halides is 1. The Labute approximate surface area is 110 Å². The van der Waals surface area contributed by atoms with Crippen LogP contribution in [0.2, 0.25) is 5.15 Å². The molecule has 0 aromatic carbocycles. The van der Waals surface area contributed by atoms with E-state index in [0.717, 1.165) is 4.57 Å². The fraction of sp³-hybridized carbons (Fsp3) is 0.300. The lowest BCUT2D eigenvalue weighted by molar-refractivity contribution is 0.712. The third kappa shape index (κ3) is 1.81. The average molecular weight is 319 g/mol. The van der Waals surface area contributed by atoms with Crippen LogP contribution in [0.1, 0.15) is 5.69 Å². The number of halogens is 2. The van der Waals surface area contributed by atoms with Gasteiger partial charge in [0.2, 0.25) is 0 Å². The fourth-order valence-corrected chi connectivity index (χ4v) is 2.24. The molecule has 0 amide bonds. The smallest absolute Gasteiger partial charge is 0.296 e. The van der Waals surface area contributed by atoms with E-state index in [-0.39, 0.29) is 16.2 Å². The molecular formula is C10H9BrClN3O2. The van der Waals surface area contributed by atoms with Crippen LogP contribution in [0.4, 0.5) is 0 Å². The minimum absolute atomic E-state index is 0.119. The average Bonchev–Trinajstić information content (AvgIpc) is 2.32. The van der Waals surface area contributed by atoms with Gasteiger partial charge < -0.3 is 0 Å². The van der Waals surface area contributed by atoms with E-state index >= 15 is 0 Å². The Morgan fingerprint density at radius 3 is 2.59 bits per heavy atom. The minimum atomic E-state index is -0.429. The molecule has 2 aromatic rings. The molecule has 2 rings (SSSR count). The molecule has 0 unspecified atom stereocenters. The zero-order valence-electron chi connectivity index (χ0n) is 9.20. The highest BCUT2D eigenvalue weighted by Gasteiger charge is 2.13. The molecule has 0 aliphatic rings. The topological polar surface area (TPSA) is 56.9 Å². The summed E-state index contributed by atoms with van der Waals surface area (Å²) in [6.07, 6.45) is 0. The van der Waals surface area contributed by atoms with Crippen molar-refractivity contribution in [3.8, 4) is 0 Å². The van der Waals surface area contributed by atoms with Crippen molar-refractivity contribution < 1.29 is 0 Å². The molecule has 0 N–H and O–H groups in total. The highest BCUT2D eigenvalue weighted by Crippen LogP contribution is 2.19. The molecule has 0 spiro atoms. The zero-order chi connectivity index (χ0) is 12.7. The van der Waals surface area contributed by atoms with Gasteiger partial charge in [0.1, 0.15) is 10.5 Å². The molecule has 2 heterocycles. The Hall–Kier alpha value is -1.14. The number of nitrogens with zero attached hydrogens (tertiary/aromatic N) is 3.